The number of aromatic nitrogens is 3. The fourth-order valence-corrected chi connectivity index (χ4v) is 4.33. The lowest BCUT2D eigenvalue weighted by Gasteiger charge is -2.25. The minimum atomic E-state index is -0.885. The molecular formula is C28H25F3N4O4. The van der Waals surface area contributed by atoms with Gasteiger partial charge in [0.05, 0.1) is 50.6 Å². The van der Waals surface area contributed by atoms with Gasteiger partial charge in [0.2, 0.25) is 0 Å². The number of rotatable bonds is 9. The Morgan fingerprint density at radius 1 is 1.10 bits per heavy atom. The first kappa shape index (κ1) is 26.2. The summed E-state index contributed by atoms with van der Waals surface area (Å²) in [7, 11) is 1.27. The molecule has 0 radical (unpaired) electrons. The minimum Gasteiger partial charge on any atom is -0.494 e. The number of pyridine rings is 1. The normalized spacial score (nSPS) is 13.2. The van der Waals surface area contributed by atoms with Crippen molar-refractivity contribution in [3.8, 4) is 5.75 Å². The number of hydrogen-bond donors (Lipinski definition) is 1. The second-order valence-corrected chi connectivity index (χ2v) is 9.18. The third-order valence-electron chi connectivity index (χ3n) is 6.56. The summed E-state index contributed by atoms with van der Waals surface area (Å²) in [6, 6.07) is 11.7. The molecule has 1 aliphatic heterocycles. The summed E-state index contributed by atoms with van der Waals surface area (Å²) in [4.78, 5) is 25.0. The van der Waals surface area contributed by atoms with E-state index in [1.165, 1.54) is 40.8 Å². The first-order chi connectivity index (χ1) is 18.8. The number of hydrogen-bond acceptors (Lipinski definition) is 5. The van der Waals surface area contributed by atoms with Crippen LogP contribution >= 0.6 is 0 Å². The number of nitrogens with zero attached hydrogens (tertiary/aromatic N) is 3. The van der Waals surface area contributed by atoms with Gasteiger partial charge in [-0.25, -0.2) is 13.2 Å². The van der Waals surface area contributed by atoms with Crippen LogP contribution in [0.25, 0.3) is 0 Å². The van der Waals surface area contributed by atoms with Crippen LogP contribution in [0.3, 0.4) is 0 Å². The minimum absolute atomic E-state index is 0.0954. The Bertz CT molecular complexity index is 1580. The van der Waals surface area contributed by atoms with Gasteiger partial charge in [0.25, 0.3) is 11.5 Å². The van der Waals surface area contributed by atoms with Crippen molar-refractivity contribution in [2.45, 2.75) is 25.6 Å². The van der Waals surface area contributed by atoms with Crippen LogP contribution in [-0.2, 0) is 24.4 Å². The average Bonchev–Trinajstić information content (AvgIpc) is 3.28. The third kappa shape index (κ3) is 5.58. The van der Waals surface area contributed by atoms with Crippen LogP contribution in [0.1, 0.15) is 38.7 Å². The Labute approximate surface area is 221 Å². The van der Waals surface area contributed by atoms with Gasteiger partial charge in [0, 0.05) is 36.1 Å². The molecule has 1 amide bonds. The molecule has 1 saturated heterocycles. The largest absolute Gasteiger partial charge is 0.494 e. The van der Waals surface area contributed by atoms with Gasteiger partial charge in [-0.1, -0.05) is 18.2 Å². The summed E-state index contributed by atoms with van der Waals surface area (Å²) in [5.41, 5.74) is 1.14. The molecule has 202 valence electrons. The summed E-state index contributed by atoms with van der Waals surface area (Å²) in [5.74, 6) is -2.96. The lowest BCUT2D eigenvalue weighted by atomic mass is 10.00. The molecule has 0 unspecified atom stereocenters. The predicted octanol–water partition coefficient (Wildman–Crippen LogP) is 3.61. The van der Waals surface area contributed by atoms with Crippen molar-refractivity contribution in [1.29, 1.82) is 0 Å². The Morgan fingerprint density at radius 2 is 1.92 bits per heavy atom. The highest BCUT2D eigenvalue weighted by atomic mass is 19.1. The van der Waals surface area contributed by atoms with Crippen LogP contribution in [0.2, 0.25) is 0 Å². The molecule has 0 saturated carbocycles. The van der Waals surface area contributed by atoms with Crippen LogP contribution < -0.4 is 15.6 Å². The van der Waals surface area contributed by atoms with E-state index in [2.05, 4.69) is 10.4 Å². The van der Waals surface area contributed by atoms with Gasteiger partial charge in [-0.3, -0.25) is 14.3 Å². The van der Waals surface area contributed by atoms with E-state index in [1.54, 1.807) is 30.5 Å². The first-order valence-corrected chi connectivity index (χ1v) is 12.2. The number of halogens is 3. The fraction of sp³-hybridized carbons (Fsp3) is 0.250. The van der Waals surface area contributed by atoms with E-state index < -0.39 is 29.9 Å². The molecule has 5 rings (SSSR count). The van der Waals surface area contributed by atoms with Crippen molar-refractivity contribution >= 4 is 5.91 Å². The zero-order valence-electron chi connectivity index (χ0n) is 21.0. The highest BCUT2D eigenvalue weighted by Crippen LogP contribution is 2.27. The fourth-order valence-electron chi connectivity index (χ4n) is 4.33. The molecule has 4 aromatic rings. The Balaban J connectivity index is 1.33. The number of nitrogens with one attached hydrogen (secondary N) is 1. The SMILES string of the molecule is COc1ccc(F)c(CNC(=O)c2cn(Cc3ccc(Cn4ccccc4=O)c(F)c3)nc2C2COC2)c1F. The lowest BCUT2D eigenvalue weighted by molar-refractivity contribution is 0.00620. The lowest BCUT2D eigenvalue weighted by Crippen LogP contribution is -2.30. The maximum atomic E-state index is 14.9. The van der Waals surface area contributed by atoms with E-state index >= 15 is 0 Å². The quantitative estimate of drug-likeness (QED) is 0.352. The number of carbonyl (C=O) groups is 1. The van der Waals surface area contributed by atoms with E-state index in [4.69, 9.17) is 9.47 Å². The van der Waals surface area contributed by atoms with Gasteiger partial charge in [-0.15, -0.1) is 0 Å². The van der Waals surface area contributed by atoms with E-state index in [0.717, 1.165) is 6.07 Å². The van der Waals surface area contributed by atoms with Gasteiger partial charge in [-0.05, 0) is 29.8 Å². The number of amides is 1. The molecule has 0 aliphatic carbocycles. The van der Waals surface area contributed by atoms with Crippen molar-refractivity contribution < 1.29 is 27.4 Å². The predicted molar refractivity (Wildman–Crippen MR) is 135 cm³/mol. The molecule has 2 aromatic heterocycles. The molecule has 8 nitrogen and oxygen atoms in total. The molecule has 0 spiro atoms. The molecular weight excluding hydrogens is 513 g/mol. The Morgan fingerprint density at radius 3 is 2.62 bits per heavy atom. The number of carbonyl (C=O) groups excluding carboxylic acids is 1. The molecule has 1 N–H and O–H groups in total. The van der Waals surface area contributed by atoms with E-state index in [-0.39, 0.29) is 41.4 Å². The van der Waals surface area contributed by atoms with Gasteiger partial charge >= 0.3 is 0 Å². The molecule has 0 bridgehead atoms. The molecule has 39 heavy (non-hydrogen) atoms. The van der Waals surface area contributed by atoms with Crippen LogP contribution in [0.4, 0.5) is 13.2 Å². The van der Waals surface area contributed by atoms with Crippen LogP contribution in [0.15, 0.2) is 65.7 Å². The maximum Gasteiger partial charge on any atom is 0.255 e. The Hall–Kier alpha value is -4.38. The average molecular weight is 539 g/mol. The van der Waals surface area contributed by atoms with Crippen LogP contribution in [0, 0.1) is 17.5 Å². The molecule has 11 heteroatoms. The summed E-state index contributed by atoms with van der Waals surface area (Å²) >= 11 is 0. The number of methoxy groups -OCH3 is 1. The van der Waals surface area contributed by atoms with Crippen molar-refractivity contribution in [1.82, 2.24) is 19.7 Å². The highest BCUT2D eigenvalue weighted by molar-refractivity contribution is 5.95. The van der Waals surface area contributed by atoms with Crippen molar-refractivity contribution in [2.24, 2.45) is 0 Å². The van der Waals surface area contributed by atoms with Gasteiger partial charge in [0.15, 0.2) is 11.6 Å². The summed E-state index contributed by atoms with van der Waals surface area (Å²) in [6.07, 6.45) is 3.12. The number of benzene rings is 2. The van der Waals surface area contributed by atoms with Crippen LogP contribution in [-0.4, -0.2) is 40.6 Å². The van der Waals surface area contributed by atoms with E-state index in [0.29, 0.717) is 30.0 Å². The second-order valence-electron chi connectivity index (χ2n) is 9.18. The zero-order valence-corrected chi connectivity index (χ0v) is 21.0. The van der Waals surface area contributed by atoms with Gasteiger partial charge in [-0.2, -0.15) is 5.10 Å². The summed E-state index contributed by atoms with van der Waals surface area (Å²) < 4.78 is 56.7. The number of ether oxygens (including phenoxy) is 2. The third-order valence-corrected chi connectivity index (χ3v) is 6.56. The van der Waals surface area contributed by atoms with E-state index in [1.807, 2.05) is 0 Å². The van der Waals surface area contributed by atoms with Crippen molar-refractivity contribution in [2.75, 3.05) is 20.3 Å². The first-order valence-electron chi connectivity index (χ1n) is 12.2. The smallest absolute Gasteiger partial charge is 0.255 e. The molecule has 2 aromatic carbocycles. The monoisotopic (exact) mass is 538 g/mol. The highest BCUT2D eigenvalue weighted by Gasteiger charge is 2.29. The van der Waals surface area contributed by atoms with Crippen molar-refractivity contribution in [3.63, 3.8) is 0 Å². The molecule has 3 heterocycles. The van der Waals surface area contributed by atoms with Crippen molar-refractivity contribution in [3.05, 3.63) is 117 Å². The van der Waals surface area contributed by atoms with Crippen LogP contribution in [0.5, 0.6) is 5.75 Å². The topological polar surface area (TPSA) is 87.4 Å². The molecule has 1 fully saturated rings. The van der Waals surface area contributed by atoms with E-state index in [9.17, 15) is 22.8 Å². The molecule has 0 atom stereocenters. The van der Waals surface area contributed by atoms with Gasteiger partial charge in [0.1, 0.15) is 11.6 Å². The maximum absolute atomic E-state index is 14.9. The zero-order chi connectivity index (χ0) is 27.5. The molecule has 1 aliphatic rings. The van der Waals surface area contributed by atoms with Gasteiger partial charge < -0.3 is 19.4 Å². The standard InChI is InChI=1S/C28H25F3N4O4/c1-38-24-8-7-22(29)20(26(24)31)11-32-28(37)21-14-35(33-27(21)19-15-39-16-19)12-17-5-6-18(23(30)10-17)13-34-9-3-2-4-25(34)36/h2-10,14,19H,11-13,15-16H2,1H3,(H,32,37). The Kier molecular flexibility index (Phi) is 7.51. The summed E-state index contributed by atoms with van der Waals surface area (Å²) in [6.45, 7) is 0.654. The summed E-state index contributed by atoms with van der Waals surface area (Å²) in [5, 5.41) is 7.09. The second kappa shape index (κ2) is 11.2.